The average molecular weight is 284 g/mol. The molecule has 116 valence electrons. The predicted molar refractivity (Wildman–Crippen MR) is 79.7 cm³/mol. The average Bonchev–Trinajstić information content (AvgIpc) is 2.50. The maximum atomic E-state index is 12.5. The number of nitrogens with zero attached hydrogens (tertiary/aromatic N) is 3. The number of likely N-dealkylation sites (tertiary alicyclic amines) is 1. The smallest absolute Gasteiger partial charge is 0.233 e. The molecule has 1 saturated heterocycles. The number of rotatable bonds is 6. The highest BCUT2D eigenvalue weighted by Crippen LogP contribution is 2.19. The lowest BCUT2D eigenvalue weighted by Crippen LogP contribution is -2.49. The predicted octanol–water partition coefficient (Wildman–Crippen LogP) is 1.09. The minimum Gasteiger partial charge on any atom is -0.409 e. The van der Waals surface area contributed by atoms with Gasteiger partial charge in [-0.1, -0.05) is 25.4 Å². The second-order valence-electron chi connectivity index (χ2n) is 5.48. The van der Waals surface area contributed by atoms with Crippen molar-refractivity contribution in [2.24, 2.45) is 16.8 Å². The first-order chi connectivity index (χ1) is 9.54. The minimum atomic E-state index is -0.501. The topological polar surface area (TPSA) is 82.2 Å². The first-order valence-corrected chi connectivity index (χ1v) is 7.51. The van der Waals surface area contributed by atoms with Gasteiger partial charge >= 0.3 is 0 Å². The molecule has 0 bridgehead atoms. The summed E-state index contributed by atoms with van der Waals surface area (Å²) in [7, 11) is 1.84. The Morgan fingerprint density at radius 2 is 2.05 bits per heavy atom. The van der Waals surface area contributed by atoms with E-state index in [1.165, 1.54) is 0 Å². The number of amides is 1. The molecule has 0 spiro atoms. The van der Waals surface area contributed by atoms with E-state index in [1.54, 1.807) is 4.90 Å². The summed E-state index contributed by atoms with van der Waals surface area (Å²) in [6, 6.07) is 0.260. The number of hydrogen-bond donors (Lipinski definition) is 2. The normalized spacial score (nSPS) is 19.9. The minimum absolute atomic E-state index is 0.0229. The zero-order valence-electron chi connectivity index (χ0n) is 12.9. The summed E-state index contributed by atoms with van der Waals surface area (Å²) in [4.78, 5) is 16.7. The summed E-state index contributed by atoms with van der Waals surface area (Å²) in [5, 5.41) is 11.8. The molecule has 1 amide bonds. The van der Waals surface area contributed by atoms with E-state index in [4.69, 9.17) is 10.9 Å². The molecule has 0 radical (unpaired) electrons. The molecule has 1 fully saturated rings. The lowest BCUT2D eigenvalue weighted by Gasteiger charge is -2.37. The first kappa shape index (κ1) is 16.8. The van der Waals surface area contributed by atoms with E-state index in [-0.39, 0.29) is 17.8 Å². The molecule has 0 aliphatic carbocycles. The Balaban J connectivity index is 2.65. The van der Waals surface area contributed by atoms with Crippen LogP contribution in [0, 0.1) is 5.92 Å². The lowest BCUT2D eigenvalue weighted by molar-refractivity contribution is -0.135. The number of carbonyl (C=O) groups excluding carboxylic acids is 1. The number of piperidine rings is 1. The standard InChI is InChI=1S/C14H28N4O2/c1-4-6-12(13(15)16-20)14(19)17(3)11-7-9-18(5-2)10-8-11/h11-12,20H,4-10H2,1-3H3,(H2,15,16). The fourth-order valence-corrected chi connectivity index (χ4v) is 2.80. The van der Waals surface area contributed by atoms with E-state index in [0.717, 1.165) is 38.9 Å². The van der Waals surface area contributed by atoms with Gasteiger partial charge in [-0.2, -0.15) is 0 Å². The lowest BCUT2D eigenvalue weighted by atomic mass is 9.97. The van der Waals surface area contributed by atoms with Crippen LogP contribution in [0.15, 0.2) is 5.16 Å². The molecular formula is C14H28N4O2. The van der Waals surface area contributed by atoms with E-state index in [1.807, 2.05) is 14.0 Å². The Labute approximate surface area is 121 Å². The van der Waals surface area contributed by atoms with Crippen LogP contribution in [0.4, 0.5) is 0 Å². The molecule has 6 heteroatoms. The highest BCUT2D eigenvalue weighted by Gasteiger charge is 2.31. The van der Waals surface area contributed by atoms with Gasteiger partial charge in [0.15, 0.2) is 5.84 Å². The monoisotopic (exact) mass is 284 g/mol. The van der Waals surface area contributed by atoms with E-state index in [0.29, 0.717) is 6.42 Å². The summed E-state index contributed by atoms with van der Waals surface area (Å²) < 4.78 is 0. The highest BCUT2D eigenvalue weighted by molar-refractivity contribution is 6.02. The Morgan fingerprint density at radius 1 is 1.45 bits per heavy atom. The second-order valence-corrected chi connectivity index (χ2v) is 5.48. The Hall–Kier alpha value is -1.30. The fourth-order valence-electron chi connectivity index (χ4n) is 2.80. The first-order valence-electron chi connectivity index (χ1n) is 7.51. The van der Waals surface area contributed by atoms with Crippen LogP contribution >= 0.6 is 0 Å². The third kappa shape index (κ3) is 4.10. The van der Waals surface area contributed by atoms with Crippen LogP contribution in [0.5, 0.6) is 0 Å². The van der Waals surface area contributed by atoms with Crippen LogP contribution in [0.1, 0.15) is 39.5 Å². The number of oxime groups is 1. The Morgan fingerprint density at radius 3 is 2.50 bits per heavy atom. The molecule has 0 aromatic carbocycles. The molecule has 0 saturated carbocycles. The fraction of sp³-hybridized carbons (Fsp3) is 0.857. The van der Waals surface area contributed by atoms with Gasteiger partial charge < -0.3 is 20.7 Å². The van der Waals surface area contributed by atoms with Gasteiger partial charge in [0.05, 0.1) is 5.92 Å². The summed E-state index contributed by atoms with van der Waals surface area (Å²) in [6.07, 6.45) is 3.43. The van der Waals surface area contributed by atoms with Gasteiger partial charge in [-0.05, 0) is 25.8 Å². The molecule has 0 aromatic rings. The summed E-state index contributed by atoms with van der Waals surface area (Å²) in [5.74, 6) is -0.508. The van der Waals surface area contributed by atoms with Crippen molar-refractivity contribution in [2.75, 3.05) is 26.7 Å². The van der Waals surface area contributed by atoms with Crippen LogP contribution in [0.25, 0.3) is 0 Å². The van der Waals surface area contributed by atoms with Crippen molar-refractivity contribution >= 4 is 11.7 Å². The molecule has 1 aliphatic heterocycles. The van der Waals surface area contributed by atoms with Crippen LogP contribution in [0.2, 0.25) is 0 Å². The van der Waals surface area contributed by atoms with Gasteiger partial charge in [0.25, 0.3) is 0 Å². The summed E-state index contributed by atoms with van der Waals surface area (Å²) in [6.45, 7) is 7.27. The second kappa shape index (κ2) is 8.09. The van der Waals surface area contributed by atoms with Gasteiger partial charge in [-0.3, -0.25) is 4.79 Å². The molecule has 0 aromatic heterocycles. The maximum Gasteiger partial charge on any atom is 0.233 e. The number of carbonyl (C=O) groups is 1. The highest BCUT2D eigenvalue weighted by atomic mass is 16.4. The molecule has 1 heterocycles. The van der Waals surface area contributed by atoms with Crippen LogP contribution in [0.3, 0.4) is 0 Å². The van der Waals surface area contributed by atoms with Crippen molar-refractivity contribution in [2.45, 2.75) is 45.6 Å². The van der Waals surface area contributed by atoms with Crippen molar-refractivity contribution in [1.82, 2.24) is 9.80 Å². The molecular weight excluding hydrogens is 256 g/mol. The molecule has 1 atom stereocenters. The molecule has 6 nitrogen and oxygen atoms in total. The van der Waals surface area contributed by atoms with Gasteiger partial charge in [0.1, 0.15) is 0 Å². The molecule has 3 N–H and O–H groups in total. The molecule has 1 unspecified atom stereocenters. The van der Waals surface area contributed by atoms with Gasteiger partial charge in [0.2, 0.25) is 5.91 Å². The van der Waals surface area contributed by atoms with E-state index >= 15 is 0 Å². The van der Waals surface area contributed by atoms with Crippen molar-refractivity contribution in [3.8, 4) is 0 Å². The molecule has 1 aliphatic rings. The molecule has 20 heavy (non-hydrogen) atoms. The van der Waals surface area contributed by atoms with Gasteiger partial charge in [-0.15, -0.1) is 0 Å². The van der Waals surface area contributed by atoms with E-state index < -0.39 is 5.92 Å². The SMILES string of the molecule is CCCC(C(=O)N(C)C1CCN(CC)CC1)C(N)=NO. The van der Waals surface area contributed by atoms with E-state index in [2.05, 4.69) is 17.0 Å². The largest absolute Gasteiger partial charge is 0.409 e. The van der Waals surface area contributed by atoms with Gasteiger partial charge in [-0.25, -0.2) is 0 Å². The van der Waals surface area contributed by atoms with E-state index in [9.17, 15) is 4.79 Å². The van der Waals surface area contributed by atoms with Crippen molar-refractivity contribution in [3.63, 3.8) is 0 Å². The zero-order valence-corrected chi connectivity index (χ0v) is 12.9. The molecule has 1 rings (SSSR count). The van der Waals surface area contributed by atoms with Gasteiger partial charge in [0, 0.05) is 26.2 Å². The Bertz CT molecular complexity index is 338. The number of nitrogens with two attached hydrogens (primary N) is 1. The third-order valence-corrected chi connectivity index (χ3v) is 4.25. The number of amidine groups is 1. The summed E-state index contributed by atoms with van der Waals surface area (Å²) in [5.41, 5.74) is 5.66. The zero-order chi connectivity index (χ0) is 15.1. The van der Waals surface area contributed by atoms with Crippen molar-refractivity contribution in [3.05, 3.63) is 0 Å². The third-order valence-electron chi connectivity index (χ3n) is 4.25. The quantitative estimate of drug-likeness (QED) is 0.331. The number of hydrogen-bond acceptors (Lipinski definition) is 4. The van der Waals surface area contributed by atoms with Crippen LogP contribution < -0.4 is 5.73 Å². The van der Waals surface area contributed by atoms with Crippen molar-refractivity contribution in [1.29, 1.82) is 0 Å². The Kier molecular flexibility index (Phi) is 6.78. The summed E-state index contributed by atoms with van der Waals surface area (Å²) >= 11 is 0. The van der Waals surface area contributed by atoms with Crippen molar-refractivity contribution < 1.29 is 10.0 Å². The van der Waals surface area contributed by atoms with Crippen LogP contribution in [-0.2, 0) is 4.79 Å². The van der Waals surface area contributed by atoms with Crippen LogP contribution in [-0.4, -0.2) is 59.5 Å². The maximum absolute atomic E-state index is 12.5.